The molecule has 0 aliphatic heterocycles. The van der Waals surface area contributed by atoms with E-state index in [2.05, 4.69) is 10.0 Å². The number of halogens is 3. The Bertz CT molecular complexity index is 512. The molecule has 0 atom stereocenters. The predicted octanol–water partition coefficient (Wildman–Crippen LogP) is 1.93. The minimum absolute atomic E-state index is 0. The van der Waals surface area contributed by atoms with Gasteiger partial charge in [-0.2, -0.15) is 0 Å². The fourth-order valence-electron chi connectivity index (χ4n) is 1.34. The Balaban J connectivity index is 0.00000361. The number of hydrogen-bond donors (Lipinski definition) is 2. The largest absolute Gasteiger partial charge is 0.383 e. The molecule has 0 aliphatic rings. The molecule has 1 aromatic rings. The van der Waals surface area contributed by atoms with Crippen LogP contribution >= 0.6 is 35.6 Å². The molecule has 5 nitrogen and oxygen atoms in total. The van der Waals surface area contributed by atoms with E-state index in [1.165, 1.54) is 12.1 Å². The maximum atomic E-state index is 12.0. The first-order valence-electron chi connectivity index (χ1n) is 5.62. The van der Waals surface area contributed by atoms with Crippen molar-refractivity contribution >= 4 is 45.6 Å². The van der Waals surface area contributed by atoms with Crippen molar-refractivity contribution in [1.82, 2.24) is 10.0 Å². The molecular formula is C11H17Cl3N2O3S. The van der Waals surface area contributed by atoms with Crippen LogP contribution < -0.4 is 10.0 Å². The molecule has 0 heterocycles. The van der Waals surface area contributed by atoms with E-state index in [0.717, 1.165) is 0 Å². The average molecular weight is 364 g/mol. The zero-order chi connectivity index (χ0) is 14.3. The third-order valence-corrected chi connectivity index (χ3v) is 4.72. The fraction of sp³-hybridized carbons (Fsp3) is 0.455. The smallest absolute Gasteiger partial charge is 0.242 e. The number of sulfonamides is 1. The number of nitrogens with one attached hydrogen (secondary N) is 2. The Morgan fingerprint density at radius 1 is 1.20 bits per heavy atom. The molecule has 0 bridgehead atoms. The first kappa shape index (κ1) is 19.9. The van der Waals surface area contributed by atoms with Crippen molar-refractivity contribution in [3.8, 4) is 0 Å². The first-order valence-corrected chi connectivity index (χ1v) is 7.86. The first-order chi connectivity index (χ1) is 8.99. The highest BCUT2D eigenvalue weighted by Crippen LogP contribution is 2.28. The topological polar surface area (TPSA) is 67.4 Å². The SMILES string of the molecule is COCCNCCNS(=O)(=O)c1cccc(Cl)c1Cl.Cl. The molecular weight excluding hydrogens is 347 g/mol. The van der Waals surface area contributed by atoms with E-state index in [1.807, 2.05) is 0 Å². The van der Waals surface area contributed by atoms with Gasteiger partial charge in [-0.1, -0.05) is 29.3 Å². The zero-order valence-electron chi connectivity index (χ0n) is 10.9. The van der Waals surface area contributed by atoms with Crippen LogP contribution in [0.1, 0.15) is 0 Å². The van der Waals surface area contributed by atoms with Gasteiger partial charge in [0, 0.05) is 26.7 Å². The molecule has 0 radical (unpaired) electrons. The molecule has 0 saturated heterocycles. The van der Waals surface area contributed by atoms with E-state index >= 15 is 0 Å². The second-order valence-electron chi connectivity index (χ2n) is 3.69. The van der Waals surface area contributed by atoms with E-state index in [9.17, 15) is 8.42 Å². The second kappa shape index (κ2) is 9.78. The molecule has 0 aliphatic carbocycles. The quantitative estimate of drug-likeness (QED) is 0.693. The van der Waals surface area contributed by atoms with Gasteiger partial charge in [-0.25, -0.2) is 13.1 Å². The molecule has 1 rings (SSSR count). The highest BCUT2D eigenvalue weighted by molar-refractivity contribution is 7.89. The summed E-state index contributed by atoms with van der Waals surface area (Å²) < 4.78 is 31.3. The minimum atomic E-state index is -3.64. The number of ether oxygens (including phenoxy) is 1. The summed E-state index contributed by atoms with van der Waals surface area (Å²) in [5.74, 6) is 0. The molecule has 0 aromatic heterocycles. The molecule has 2 N–H and O–H groups in total. The predicted molar refractivity (Wildman–Crippen MR) is 83.6 cm³/mol. The van der Waals surface area contributed by atoms with Crippen LogP contribution in [-0.2, 0) is 14.8 Å². The molecule has 0 spiro atoms. The lowest BCUT2D eigenvalue weighted by molar-refractivity contribution is 0.199. The van der Waals surface area contributed by atoms with Crippen molar-refractivity contribution in [2.75, 3.05) is 33.4 Å². The maximum Gasteiger partial charge on any atom is 0.242 e. The van der Waals surface area contributed by atoms with Crippen LogP contribution in [0.15, 0.2) is 23.1 Å². The van der Waals surface area contributed by atoms with Crippen molar-refractivity contribution in [2.24, 2.45) is 0 Å². The molecule has 20 heavy (non-hydrogen) atoms. The Hall–Kier alpha value is -0.0800. The third kappa shape index (κ3) is 6.13. The third-order valence-electron chi connectivity index (χ3n) is 2.28. The van der Waals surface area contributed by atoms with Crippen LogP contribution in [-0.4, -0.2) is 41.8 Å². The number of rotatable bonds is 8. The summed E-state index contributed by atoms with van der Waals surface area (Å²) in [6.07, 6.45) is 0. The summed E-state index contributed by atoms with van der Waals surface area (Å²) in [5.41, 5.74) is 0. The summed E-state index contributed by atoms with van der Waals surface area (Å²) in [5, 5.41) is 3.27. The van der Waals surface area contributed by atoms with Crippen LogP contribution in [0.2, 0.25) is 10.0 Å². The lowest BCUT2D eigenvalue weighted by Gasteiger charge is -2.09. The van der Waals surface area contributed by atoms with E-state index in [0.29, 0.717) is 19.7 Å². The van der Waals surface area contributed by atoms with Crippen LogP contribution in [0.25, 0.3) is 0 Å². The molecule has 0 saturated carbocycles. The number of methoxy groups -OCH3 is 1. The van der Waals surface area contributed by atoms with E-state index in [4.69, 9.17) is 27.9 Å². The molecule has 0 unspecified atom stereocenters. The van der Waals surface area contributed by atoms with Gasteiger partial charge in [-0.05, 0) is 12.1 Å². The Morgan fingerprint density at radius 2 is 1.90 bits per heavy atom. The van der Waals surface area contributed by atoms with Crippen molar-refractivity contribution in [2.45, 2.75) is 4.90 Å². The van der Waals surface area contributed by atoms with Gasteiger partial charge in [0.25, 0.3) is 0 Å². The monoisotopic (exact) mass is 362 g/mol. The molecule has 1 aromatic carbocycles. The van der Waals surface area contributed by atoms with E-state index in [1.54, 1.807) is 13.2 Å². The van der Waals surface area contributed by atoms with Crippen LogP contribution in [0, 0.1) is 0 Å². The van der Waals surface area contributed by atoms with Gasteiger partial charge in [0.2, 0.25) is 10.0 Å². The van der Waals surface area contributed by atoms with Crippen molar-refractivity contribution in [3.63, 3.8) is 0 Å². The van der Waals surface area contributed by atoms with Gasteiger partial charge in [-0.3, -0.25) is 0 Å². The van der Waals surface area contributed by atoms with E-state index in [-0.39, 0.29) is 33.9 Å². The summed E-state index contributed by atoms with van der Waals surface area (Å²) in [6.45, 7) is 2.00. The summed E-state index contributed by atoms with van der Waals surface area (Å²) in [4.78, 5) is -0.0152. The van der Waals surface area contributed by atoms with Gasteiger partial charge in [0.05, 0.1) is 16.7 Å². The summed E-state index contributed by atoms with van der Waals surface area (Å²) in [7, 11) is -2.04. The van der Waals surface area contributed by atoms with Crippen molar-refractivity contribution < 1.29 is 13.2 Å². The fourth-order valence-corrected chi connectivity index (χ4v) is 3.13. The van der Waals surface area contributed by atoms with Gasteiger partial charge < -0.3 is 10.1 Å². The standard InChI is InChI=1S/C11H16Cl2N2O3S.ClH/c1-18-8-7-14-5-6-15-19(16,17)10-4-2-3-9(12)11(10)13;/h2-4,14-15H,5-8H2,1H3;1H. The van der Waals surface area contributed by atoms with Crippen LogP contribution in [0.3, 0.4) is 0 Å². The van der Waals surface area contributed by atoms with Crippen molar-refractivity contribution in [1.29, 1.82) is 0 Å². The maximum absolute atomic E-state index is 12.0. The lowest BCUT2D eigenvalue weighted by Crippen LogP contribution is -2.33. The number of hydrogen-bond acceptors (Lipinski definition) is 4. The van der Waals surface area contributed by atoms with Crippen molar-refractivity contribution in [3.05, 3.63) is 28.2 Å². The molecule has 116 valence electrons. The molecule has 0 fully saturated rings. The number of benzene rings is 1. The highest BCUT2D eigenvalue weighted by atomic mass is 35.5. The van der Waals surface area contributed by atoms with Gasteiger partial charge in [-0.15, -0.1) is 12.4 Å². The lowest BCUT2D eigenvalue weighted by atomic mass is 10.4. The average Bonchev–Trinajstić information content (AvgIpc) is 2.36. The second-order valence-corrected chi connectivity index (χ2v) is 6.21. The molecule has 0 amide bonds. The Kier molecular flexibility index (Phi) is 9.74. The van der Waals surface area contributed by atoms with Crippen LogP contribution in [0.5, 0.6) is 0 Å². The minimum Gasteiger partial charge on any atom is -0.383 e. The molecule has 9 heteroatoms. The van der Waals surface area contributed by atoms with E-state index < -0.39 is 10.0 Å². The summed E-state index contributed by atoms with van der Waals surface area (Å²) in [6, 6.07) is 4.49. The highest BCUT2D eigenvalue weighted by Gasteiger charge is 2.18. The normalized spacial score (nSPS) is 11.2. The summed E-state index contributed by atoms with van der Waals surface area (Å²) >= 11 is 11.7. The van der Waals surface area contributed by atoms with Gasteiger partial charge in [0.1, 0.15) is 4.90 Å². The Morgan fingerprint density at radius 3 is 2.55 bits per heavy atom. The van der Waals surface area contributed by atoms with Gasteiger partial charge >= 0.3 is 0 Å². The zero-order valence-corrected chi connectivity index (χ0v) is 14.0. The Labute approximate surface area is 135 Å². The van der Waals surface area contributed by atoms with Crippen LogP contribution in [0.4, 0.5) is 0 Å². The van der Waals surface area contributed by atoms with Gasteiger partial charge in [0.15, 0.2) is 0 Å².